The van der Waals surface area contributed by atoms with Crippen molar-refractivity contribution in [3.05, 3.63) is 89.5 Å². The molecule has 2 amide bonds. The first-order valence-electron chi connectivity index (χ1n) is 9.06. The van der Waals surface area contributed by atoms with Gasteiger partial charge >= 0.3 is 6.03 Å². The number of para-hydroxylation sites is 3. The Kier molecular flexibility index (Phi) is 4.93. The van der Waals surface area contributed by atoms with E-state index in [-0.39, 0.29) is 5.75 Å². The molecule has 28 heavy (non-hydrogen) atoms. The molecule has 0 bridgehead atoms. The van der Waals surface area contributed by atoms with Crippen LogP contribution in [0.5, 0.6) is 5.75 Å². The van der Waals surface area contributed by atoms with Crippen LogP contribution in [0.1, 0.15) is 16.7 Å². The Morgan fingerprint density at radius 2 is 1.46 bits per heavy atom. The maximum absolute atomic E-state index is 12.5. The van der Waals surface area contributed by atoms with Gasteiger partial charge in [0.2, 0.25) is 0 Å². The van der Waals surface area contributed by atoms with Crippen LogP contribution >= 0.6 is 0 Å². The fourth-order valence-corrected chi connectivity index (χ4v) is 3.28. The van der Waals surface area contributed by atoms with Crippen LogP contribution in [0, 0.1) is 0 Å². The molecule has 3 aromatic rings. The molecule has 6 heteroatoms. The van der Waals surface area contributed by atoms with Crippen LogP contribution in [0.4, 0.5) is 16.2 Å². The van der Waals surface area contributed by atoms with Crippen LogP contribution in [-0.2, 0) is 12.8 Å². The second-order valence-electron chi connectivity index (χ2n) is 6.46. The second-order valence-corrected chi connectivity index (χ2v) is 6.46. The van der Waals surface area contributed by atoms with E-state index in [9.17, 15) is 9.90 Å². The minimum absolute atomic E-state index is 0.101. The van der Waals surface area contributed by atoms with Crippen LogP contribution in [0.3, 0.4) is 0 Å². The molecule has 1 aliphatic heterocycles. The molecule has 0 aliphatic carbocycles. The van der Waals surface area contributed by atoms with Gasteiger partial charge in [-0.3, -0.25) is 5.01 Å². The van der Waals surface area contributed by atoms with Gasteiger partial charge in [0.1, 0.15) is 5.75 Å². The monoisotopic (exact) mass is 372 g/mol. The van der Waals surface area contributed by atoms with Gasteiger partial charge < -0.3 is 5.11 Å². The number of rotatable bonds is 3. The zero-order valence-corrected chi connectivity index (χ0v) is 15.2. The first kappa shape index (κ1) is 17.6. The summed E-state index contributed by atoms with van der Waals surface area (Å²) in [7, 11) is 0. The molecule has 0 saturated heterocycles. The van der Waals surface area contributed by atoms with Gasteiger partial charge in [0.15, 0.2) is 0 Å². The molecule has 3 aromatic carbocycles. The summed E-state index contributed by atoms with van der Waals surface area (Å²) in [4.78, 5) is 12.5. The Bertz CT molecular complexity index is 985. The van der Waals surface area contributed by atoms with E-state index in [2.05, 4.69) is 28.1 Å². The highest BCUT2D eigenvalue weighted by molar-refractivity contribution is 5.86. The number of nitrogens with zero attached hydrogens (tertiary/aromatic N) is 2. The minimum Gasteiger partial charge on any atom is -0.507 e. The lowest BCUT2D eigenvalue weighted by molar-refractivity contribution is 0.241. The number of anilines is 2. The third kappa shape index (κ3) is 3.66. The fourth-order valence-electron chi connectivity index (χ4n) is 3.28. The van der Waals surface area contributed by atoms with Crippen LogP contribution < -0.4 is 15.9 Å². The van der Waals surface area contributed by atoms with E-state index in [0.29, 0.717) is 5.56 Å². The molecule has 1 heterocycles. The minimum atomic E-state index is -0.474. The molecule has 3 N–H and O–H groups in total. The van der Waals surface area contributed by atoms with Gasteiger partial charge in [-0.2, -0.15) is 5.10 Å². The summed E-state index contributed by atoms with van der Waals surface area (Å²) in [6.45, 7) is 0. The Morgan fingerprint density at radius 3 is 2.11 bits per heavy atom. The smallest absolute Gasteiger partial charge is 0.354 e. The highest BCUT2D eigenvalue weighted by Gasteiger charge is 2.21. The van der Waals surface area contributed by atoms with Crippen molar-refractivity contribution < 1.29 is 9.90 Å². The van der Waals surface area contributed by atoms with Crippen molar-refractivity contribution in [3.63, 3.8) is 0 Å². The van der Waals surface area contributed by atoms with E-state index < -0.39 is 6.03 Å². The number of amides is 2. The van der Waals surface area contributed by atoms with Crippen molar-refractivity contribution in [2.45, 2.75) is 12.8 Å². The number of benzene rings is 3. The first-order valence-corrected chi connectivity index (χ1v) is 9.06. The molecule has 1 aliphatic rings. The van der Waals surface area contributed by atoms with Crippen molar-refractivity contribution in [2.75, 3.05) is 5.01 Å². The highest BCUT2D eigenvalue weighted by atomic mass is 16.3. The number of hydrogen-bond acceptors (Lipinski definition) is 4. The van der Waals surface area contributed by atoms with E-state index in [4.69, 9.17) is 0 Å². The van der Waals surface area contributed by atoms with Crippen molar-refractivity contribution >= 4 is 23.6 Å². The average molecular weight is 372 g/mol. The van der Waals surface area contributed by atoms with Gasteiger partial charge in [0.05, 0.1) is 17.6 Å². The summed E-state index contributed by atoms with van der Waals surface area (Å²) in [6, 6.07) is 22.3. The molecule has 140 valence electrons. The van der Waals surface area contributed by atoms with E-state index in [1.165, 1.54) is 6.21 Å². The normalized spacial score (nSPS) is 12.8. The van der Waals surface area contributed by atoms with Gasteiger partial charge in [-0.25, -0.2) is 15.6 Å². The number of hydrazine groups is 1. The van der Waals surface area contributed by atoms with Crippen LogP contribution in [0.2, 0.25) is 0 Å². The number of aryl methyl sites for hydroxylation is 2. The van der Waals surface area contributed by atoms with Crippen molar-refractivity contribution in [1.82, 2.24) is 10.9 Å². The molecular formula is C22H20N4O2. The molecule has 0 unspecified atom stereocenters. The summed E-state index contributed by atoms with van der Waals surface area (Å²) in [5.74, 6) is 0.101. The van der Waals surface area contributed by atoms with Crippen LogP contribution in [0.15, 0.2) is 77.9 Å². The lowest BCUT2D eigenvalue weighted by Gasteiger charge is -2.26. The molecule has 0 radical (unpaired) electrons. The Labute approximate surface area is 163 Å². The van der Waals surface area contributed by atoms with Gasteiger partial charge in [0.25, 0.3) is 0 Å². The Hall–Kier alpha value is -3.80. The van der Waals surface area contributed by atoms with Crippen molar-refractivity contribution in [2.24, 2.45) is 5.10 Å². The van der Waals surface area contributed by atoms with E-state index in [1.54, 1.807) is 29.3 Å². The number of urea groups is 1. The zero-order chi connectivity index (χ0) is 19.3. The summed E-state index contributed by atoms with van der Waals surface area (Å²) in [5, 5.41) is 15.5. The van der Waals surface area contributed by atoms with Gasteiger partial charge in [-0.05, 0) is 48.2 Å². The van der Waals surface area contributed by atoms with Crippen LogP contribution in [-0.4, -0.2) is 17.4 Å². The Morgan fingerprint density at radius 1 is 0.893 bits per heavy atom. The number of nitrogens with one attached hydrogen (secondary N) is 2. The van der Waals surface area contributed by atoms with E-state index >= 15 is 0 Å². The number of carbonyl (C=O) groups excluding carboxylic acids is 1. The third-order valence-electron chi connectivity index (χ3n) is 4.65. The van der Waals surface area contributed by atoms with Crippen molar-refractivity contribution in [1.29, 1.82) is 0 Å². The number of phenolic OH excluding ortho intramolecular Hbond substituents is 1. The maximum atomic E-state index is 12.5. The standard InChI is InChI=1S/C22H20N4O2/c27-21-12-6-3-9-18(21)15-23-24-22(28)25-26-19-10-4-1-7-16(19)13-14-17-8-2-5-11-20(17)26/h1-12,15,27H,13-14H2,(H2,24,25,28)/b23-15+. The number of fused-ring (bicyclic) bond motifs is 2. The zero-order valence-electron chi connectivity index (χ0n) is 15.2. The lowest BCUT2D eigenvalue weighted by Crippen LogP contribution is -2.44. The summed E-state index contributed by atoms with van der Waals surface area (Å²) < 4.78 is 0. The molecule has 0 fully saturated rings. The predicted octanol–water partition coefficient (Wildman–Crippen LogP) is 3.88. The fraction of sp³-hybridized carbons (Fsp3) is 0.0909. The van der Waals surface area contributed by atoms with E-state index in [0.717, 1.165) is 35.3 Å². The average Bonchev–Trinajstić information content (AvgIpc) is 2.87. The largest absolute Gasteiger partial charge is 0.507 e. The molecule has 6 nitrogen and oxygen atoms in total. The van der Waals surface area contributed by atoms with Crippen LogP contribution in [0.25, 0.3) is 0 Å². The Balaban J connectivity index is 1.55. The molecule has 0 saturated carbocycles. The topological polar surface area (TPSA) is 77.0 Å². The SMILES string of the molecule is O=C(N/N=C/c1ccccc1O)NN1c2ccccc2CCc2ccccc21. The number of aromatic hydroxyl groups is 1. The number of carbonyl (C=O) groups is 1. The highest BCUT2D eigenvalue weighted by Crippen LogP contribution is 2.34. The molecule has 0 atom stereocenters. The predicted molar refractivity (Wildman–Crippen MR) is 110 cm³/mol. The number of phenols is 1. The summed E-state index contributed by atoms with van der Waals surface area (Å²) in [6.07, 6.45) is 3.20. The molecule has 0 spiro atoms. The first-order chi connectivity index (χ1) is 13.7. The number of hydrazone groups is 1. The summed E-state index contributed by atoms with van der Waals surface area (Å²) in [5.41, 5.74) is 10.1. The van der Waals surface area contributed by atoms with Gasteiger partial charge in [0, 0.05) is 5.56 Å². The van der Waals surface area contributed by atoms with E-state index in [1.807, 2.05) is 36.4 Å². The summed E-state index contributed by atoms with van der Waals surface area (Å²) >= 11 is 0. The molecule has 0 aromatic heterocycles. The molecule has 4 rings (SSSR count). The maximum Gasteiger partial charge on any atom is 0.354 e. The van der Waals surface area contributed by atoms with Crippen molar-refractivity contribution in [3.8, 4) is 5.75 Å². The number of hydrogen-bond donors (Lipinski definition) is 3. The quantitative estimate of drug-likeness (QED) is 0.482. The third-order valence-corrected chi connectivity index (χ3v) is 4.65. The lowest BCUT2D eigenvalue weighted by atomic mass is 10.0. The molecular weight excluding hydrogens is 352 g/mol. The van der Waals surface area contributed by atoms with Gasteiger partial charge in [-0.1, -0.05) is 48.5 Å². The van der Waals surface area contributed by atoms with Gasteiger partial charge in [-0.15, -0.1) is 0 Å². The second kappa shape index (κ2) is 7.84.